The zero-order chi connectivity index (χ0) is 14.5. The van der Waals surface area contributed by atoms with Crippen molar-refractivity contribution in [2.45, 2.75) is 18.1 Å². The molecule has 0 aliphatic carbocycles. The molecular weight excluding hydrogens is 257 g/mol. The molecule has 0 fully saturated rings. The van der Waals surface area contributed by atoms with Gasteiger partial charge in [0.2, 0.25) is 0 Å². The molecule has 0 radical (unpaired) electrons. The van der Waals surface area contributed by atoms with E-state index in [1.54, 1.807) is 6.07 Å². The maximum Gasteiger partial charge on any atom is 0.489 e. The van der Waals surface area contributed by atoms with Crippen LogP contribution in [0.5, 0.6) is 0 Å². The first-order valence-corrected chi connectivity index (χ1v) is 7.08. The minimum Gasteiger partial charge on any atom is -0.510 e. The lowest BCUT2D eigenvalue weighted by Crippen LogP contribution is -2.12. The van der Waals surface area contributed by atoms with Crippen molar-refractivity contribution in [3.8, 4) is 0 Å². The lowest BCUT2D eigenvalue weighted by atomic mass is 10.1. The normalized spacial score (nSPS) is 11.6. The molecule has 0 aromatic carbocycles. The highest BCUT2D eigenvalue weighted by molar-refractivity contribution is 7.90. The molecule has 1 heterocycles. The van der Waals surface area contributed by atoms with Crippen LogP contribution < -0.4 is 0 Å². The largest absolute Gasteiger partial charge is 0.510 e. The van der Waals surface area contributed by atoms with E-state index < -0.39 is 23.4 Å². The van der Waals surface area contributed by atoms with Crippen molar-refractivity contribution in [3.63, 3.8) is 0 Å². The molecule has 0 unspecified atom stereocenters. The third-order valence-corrected chi connectivity index (χ3v) is 3.24. The van der Waals surface area contributed by atoms with E-state index in [0.717, 1.165) is 6.26 Å². The van der Waals surface area contributed by atoms with Gasteiger partial charge in [0, 0.05) is 26.4 Å². The molecule has 1 aromatic heterocycles. The van der Waals surface area contributed by atoms with Crippen molar-refractivity contribution in [2.24, 2.45) is 0 Å². The summed E-state index contributed by atoms with van der Waals surface area (Å²) in [6.45, 7) is 1.35. The van der Waals surface area contributed by atoms with Gasteiger partial charge in [0.05, 0.1) is 11.5 Å². The zero-order valence-electron chi connectivity index (χ0n) is 11.1. The van der Waals surface area contributed by atoms with E-state index in [1.165, 1.54) is 19.2 Å². The van der Waals surface area contributed by atoms with Gasteiger partial charge in [-0.3, -0.25) is 4.98 Å². The maximum atomic E-state index is 11.5. The second kappa shape index (κ2) is 6.39. The van der Waals surface area contributed by atoms with Gasteiger partial charge in [0.15, 0.2) is 9.84 Å². The molecule has 0 atom stereocenters. The van der Waals surface area contributed by atoms with Gasteiger partial charge in [-0.2, -0.15) is 0 Å². The van der Waals surface area contributed by atoms with Gasteiger partial charge >= 0.3 is 13.6 Å². The van der Waals surface area contributed by atoms with Crippen molar-refractivity contribution in [1.29, 1.82) is 1.34 Å². The molecule has 0 bridgehead atoms. The monoisotopic (exact) mass is 273 g/mol. The molecule has 1 rings (SSSR count). The average molecular weight is 273 g/mol. The van der Waals surface area contributed by atoms with Crippen LogP contribution in [0, 0.1) is 0 Å². The Morgan fingerprint density at radius 1 is 1.61 bits per heavy atom. The van der Waals surface area contributed by atoms with Gasteiger partial charge in [-0.15, -0.1) is 0 Å². The van der Waals surface area contributed by atoms with Crippen LogP contribution >= 0.6 is 0 Å². The smallest absolute Gasteiger partial charge is 0.489 e. The molecule has 6 nitrogen and oxygen atoms in total. The number of ether oxygens (including phenoxy) is 1. The fraction of sp³-hybridized carbons (Fsp3) is 0.400. The first-order chi connectivity index (χ1) is 8.80. The predicted octanol–water partition coefficient (Wildman–Crippen LogP) is 0.580. The van der Waals surface area contributed by atoms with Crippen LogP contribution in [0.4, 0.5) is 4.79 Å². The Balaban J connectivity index is 2.62. The zero-order valence-corrected chi connectivity index (χ0v) is 10.9. The standard InChI is InChI=1S/C10H14BNO5S/c1-11-17-10(13)16-6-4-8-3-5-12-7-9(8)18(2,14)15/h3,5,7,11H,4,6H2,1-2H3/i11T. The second-order valence-electron chi connectivity index (χ2n) is 3.46. The van der Waals surface area contributed by atoms with E-state index in [2.05, 4.69) is 9.64 Å². The number of pyridine rings is 1. The van der Waals surface area contributed by atoms with E-state index in [0.29, 0.717) is 5.56 Å². The number of hydrogen-bond acceptors (Lipinski definition) is 6. The summed E-state index contributed by atoms with van der Waals surface area (Å²) in [5, 5.41) is 0. The van der Waals surface area contributed by atoms with Gasteiger partial charge in [-0.05, 0) is 18.5 Å². The maximum absolute atomic E-state index is 11.5. The van der Waals surface area contributed by atoms with Crippen molar-refractivity contribution < 1.29 is 22.6 Å². The summed E-state index contributed by atoms with van der Waals surface area (Å²) >= 11 is 0. The van der Waals surface area contributed by atoms with Crippen LogP contribution in [0.25, 0.3) is 0 Å². The first kappa shape index (κ1) is 12.9. The number of hydrogen-bond donors (Lipinski definition) is 0. The summed E-state index contributed by atoms with van der Waals surface area (Å²) in [5.41, 5.74) is 0.518. The molecule has 98 valence electrons. The summed E-state index contributed by atoms with van der Waals surface area (Å²) in [6, 6.07) is 1.55. The summed E-state index contributed by atoms with van der Waals surface area (Å²) in [5.74, 6) is 0. The fourth-order valence-corrected chi connectivity index (χ4v) is 2.22. The van der Waals surface area contributed by atoms with Gasteiger partial charge in [-0.1, -0.05) is 0 Å². The van der Waals surface area contributed by atoms with E-state index in [1.807, 2.05) is 0 Å². The molecule has 8 heteroatoms. The number of sulfone groups is 1. The summed E-state index contributed by atoms with van der Waals surface area (Å²) in [7, 11) is -4.37. The highest BCUT2D eigenvalue weighted by atomic mass is 32.2. The molecule has 18 heavy (non-hydrogen) atoms. The van der Waals surface area contributed by atoms with Crippen molar-refractivity contribution in [1.82, 2.24) is 4.98 Å². The first-order valence-electron chi connectivity index (χ1n) is 5.77. The van der Waals surface area contributed by atoms with Gasteiger partial charge < -0.3 is 9.39 Å². The number of nitrogens with zero attached hydrogens (tertiary/aromatic N) is 1. The second-order valence-corrected chi connectivity index (χ2v) is 5.44. The van der Waals surface area contributed by atoms with Gasteiger partial charge in [0.25, 0.3) is 0 Å². The van der Waals surface area contributed by atoms with Crippen molar-refractivity contribution in [2.75, 3.05) is 12.9 Å². The van der Waals surface area contributed by atoms with E-state index in [4.69, 9.17) is 6.07 Å². The number of carbonyl (C=O) groups excluding carboxylic acids is 1. The fourth-order valence-electron chi connectivity index (χ4n) is 1.32. The van der Waals surface area contributed by atoms with Crippen LogP contribution in [0.1, 0.15) is 5.56 Å². The summed E-state index contributed by atoms with van der Waals surface area (Å²) in [4.78, 5) is 14.9. The third-order valence-electron chi connectivity index (χ3n) is 2.07. The number of rotatable bonds is 5. The summed E-state index contributed by atoms with van der Waals surface area (Å²) in [6.07, 6.45) is 3.09. The number of carbonyl (C=O) groups is 1. The Hall–Kier alpha value is -1.57. The lowest BCUT2D eigenvalue weighted by Gasteiger charge is -2.07. The van der Waals surface area contributed by atoms with E-state index in [9.17, 15) is 13.2 Å². The Bertz CT molecular complexity index is 549. The highest BCUT2D eigenvalue weighted by Gasteiger charge is 2.13. The van der Waals surface area contributed by atoms with Gasteiger partial charge in [-0.25, -0.2) is 13.2 Å². The average Bonchev–Trinajstić information content (AvgIpc) is 2.27. The minimum absolute atomic E-state index is 0.0297. The van der Waals surface area contributed by atoms with Crippen LogP contribution in [0.15, 0.2) is 23.4 Å². The molecule has 0 spiro atoms. The minimum atomic E-state index is -3.37. The lowest BCUT2D eigenvalue weighted by molar-refractivity contribution is 0.102. The van der Waals surface area contributed by atoms with Crippen molar-refractivity contribution in [3.05, 3.63) is 24.0 Å². The topological polar surface area (TPSA) is 82.6 Å². The van der Waals surface area contributed by atoms with Crippen LogP contribution in [0.2, 0.25) is 6.82 Å². The summed E-state index contributed by atoms with van der Waals surface area (Å²) < 4.78 is 39.2. The molecule has 0 saturated heterocycles. The molecule has 0 N–H and O–H groups in total. The quantitative estimate of drug-likeness (QED) is 0.576. The Kier molecular flexibility index (Phi) is 4.57. The van der Waals surface area contributed by atoms with Crippen LogP contribution in [-0.2, 0) is 25.6 Å². The Morgan fingerprint density at radius 2 is 2.33 bits per heavy atom. The van der Waals surface area contributed by atoms with Gasteiger partial charge in [0.1, 0.15) is 0 Å². The SMILES string of the molecule is [3H]B(C)OC(=O)OCCc1ccncc1S(C)(=O)=O. The van der Waals surface area contributed by atoms with Crippen molar-refractivity contribution >= 4 is 23.4 Å². The van der Waals surface area contributed by atoms with Crippen LogP contribution in [0.3, 0.4) is 0 Å². The predicted molar refractivity (Wildman–Crippen MR) is 66.5 cm³/mol. The molecule has 1 aromatic rings. The Labute approximate surface area is 108 Å². The Morgan fingerprint density at radius 3 is 2.94 bits per heavy atom. The van der Waals surface area contributed by atoms with E-state index in [-0.39, 0.29) is 17.9 Å². The van der Waals surface area contributed by atoms with E-state index >= 15 is 0 Å². The molecule has 0 amide bonds. The molecular formula is C10H14BNO5S. The molecule has 0 aliphatic heterocycles. The molecule has 0 saturated carbocycles. The molecule has 0 aliphatic rings. The number of aromatic nitrogens is 1. The third kappa shape index (κ3) is 4.36. The highest BCUT2D eigenvalue weighted by Crippen LogP contribution is 2.14. The van der Waals surface area contributed by atoms with Crippen LogP contribution in [-0.4, -0.2) is 41.2 Å².